The maximum absolute atomic E-state index is 11.5. The summed E-state index contributed by atoms with van der Waals surface area (Å²) < 4.78 is 0. The molecule has 1 amide bonds. The molecule has 7 heteroatoms. The second kappa shape index (κ2) is 4.39. The molecule has 0 saturated heterocycles. The zero-order valence-electron chi connectivity index (χ0n) is 8.23. The molecule has 0 aliphatic heterocycles. The summed E-state index contributed by atoms with van der Waals surface area (Å²) in [5.74, 6) is 0.283. The van der Waals surface area contributed by atoms with E-state index in [0.717, 1.165) is 6.20 Å². The predicted octanol–water partition coefficient (Wildman–Crippen LogP) is -0.577. The fraction of sp³-hybridized carbons (Fsp3) is 0.111. The van der Waals surface area contributed by atoms with Crippen molar-refractivity contribution in [3.8, 4) is 0 Å². The average Bonchev–Trinajstić information content (AvgIpc) is 2.80. The molecule has 0 bridgehead atoms. The Hall–Kier alpha value is -2.44. The first-order valence-electron chi connectivity index (χ1n) is 4.57. The standard InChI is InChI=1S/C9H9N5O2/c15-8-5-12-6(3-13-8)9(16)14-4-7-10-1-2-11-7/h1-3,5H,4H2,(H,10,11)(H,13,15)(H,14,16). The number of aromatic amines is 2. The molecule has 2 rings (SSSR count). The van der Waals surface area contributed by atoms with Gasteiger partial charge in [0, 0.05) is 18.6 Å². The van der Waals surface area contributed by atoms with Crippen LogP contribution < -0.4 is 10.9 Å². The zero-order valence-corrected chi connectivity index (χ0v) is 8.23. The Labute approximate surface area is 90.0 Å². The van der Waals surface area contributed by atoms with Gasteiger partial charge in [0.25, 0.3) is 11.5 Å². The average molecular weight is 219 g/mol. The van der Waals surface area contributed by atoms with Crippen molar-refractivity contribution in [1.82, 2.24) is 25.3 Å². The van der Waals surface area contributed by atoms with Crippen LogP contribution in [-0.4, -0.2) is 25.8 Å². The van der Waals surface area contributed by atoms with Crippen molar-refractivity contribution >= 4 is 5.91 Å². The Bertz CT molecular complexity index is 511. The van der Waals surface area contributed by atoms with E-state index in [-0.39, 0.29) is 23.7 Å². The Morgan fingerprint density at radius 2 is 2.25 bits per heavy atom. The number of nitrogens with zero attached hydrogens (tertiary/aromatic N) is 2. The van der Waals surface area contributed by atoms with Crippen molar-refractivity contribution in [2.45, 2.75) is 6.54 Å². The largest absolute Gasteiger partial charge is 0.347 e. The molecule has 0 aromatic carbocycles. The molecule has 0 saturated carbocycles. The van der Waals surface area contributed by atoms with E-state index in [2.05, 4.69) is 25.3 Å². The van der Waals surface area contributed by atoms with Gasteiger partial charge in [-0.1, -0.05) is 0 Å². The van der Waals surface area contributed by atoms with Gasteiger partial charge < -0.3 is 15.3 Å². The molecule has 0 unspecified atom stereocenters. The maximum Gasteiger partial charge on any atom is 0.271 e. The first-order valence-corrected chi connectivity index (χ1v) is 4.57. The topological polar surface area (TPSA) is 104 Å². The molecule has 2 heterocycles. The van der Waals surface area contributed by atoms with Crippen molar-refractivity contribution in [1.29, 1.82) is 0 Å². The summed E-state index contributed by atoms with van der Waals surface area (Å²) in [6, 6.07) is 0. The number of nitrogens with one attached hydrogen (secondary N) is 3. The Morgan fingerprint density at radius 3 is 2.88 bits per heavy atom. The number of amides is 1. The predicted molar refractivity (Wildman–Crippen MR) is 54.6 cm³/mol. The SMILES string of the molecule is O=C(NCc1ncc[nH]1)c1c[nH]c(=O)cn1. The molecule has 82 valence electrons. The minimum absolute atomic E-state index is 0.158. The van der Waals surface area contributed by atoms with Gasteiger partial charge in [-0.2, -0.15) is 0 Å². The number of carbonyl (C=O) groups is 1. The highest BCUT2D eigenvalue weighted by Gasteiger charge is 2.06. The summed E-state index contributed by atoms with van der Waals surface area (Å²) in [5.41, 5.74) is -0.186. The summed E-state index contributed by atoms with van der Waals surface area (Å²) in [6.07, 6.45) is 5.58. The van der Waals surface area contributed by atoms with E-state index in [1.165, 1.54) is 6.20 Å². The summed E-state index contributed by atoms with van der Waals surface area (Å²) >= 11 is 0. The van der Waals surface area contributed by atoms with Crippen LogP contribution in [0.2, 0.25) is 0 Å². The molecule has 0 fully saturated rings. The molecule has 2 aromatic heterocycles. The van der Waals surface area contributed by atoms with E-state index in [9.17, 15) is 9.59 Å². The Kier molecular flexibility index (Phi) is 2.77. The molecule has 0 radical (unpaired) electrons. The molecule has 3 N–H and O–H groups in total. The summed E-state index contributed by atoms with van der Waals surface area (Å²) in [6.45, 7) is 0.284. The Balaban J connectivity index is 1.98. The number of imidazole rings is 1. The summed E-state index contributed by atoms with van der Waals surface area (Å²) in [7, 11) is 0. The van der Waals surface area contributed by atoms with E-state index >= 15 is 0 Å². The third-order valence-corrected chi connectivity index (χ3v) is 1.88. The second-order valence-corrected chi connectivity index (χ2v) is 3.01. The minimum atomic E-state index is -0.368. The van der Waals surface area contributed by atoms with E-state index in [1.807, 2.05) is 0 Å². The molecular weight excluding hydrogens is 210 g/mol. The van der Waals surface area contributed by atoms with Crippen LogP contribution in [0.4, 0.5) is 0 Å². The highest BCUT2D eigenvalue weighted by Crippen LogP contribution is 1.91. The van der Waals surface area contributed by atoms with Crippen LogP contribution in [-0.2, 0) is 6.54 Å². The van der Waals surface area contributed by atoms with Crippen LogP contribution in [0.5, 0.6) is 0 Å². The number of hydrogen-bond acceptors (Lipinski definition) is 4. The van der Waals surface area contributed by atoms with Gasteiger partial charge >= 0.3 is 0 Å². The number of hydrogen-bond donors (Lipinski definition) is 3. The van der Waals surface area contributed by atoms with Crippen molar-refractivity contribution in [3.05, 3.63) is 46.7 Å². The monoisotopic (exact) mass is 219 g/mol. The van der Waals surface area contributed by atoms with Crippen molar-refractivity contribution < 1.29 is 4.79 Å². The third-order valence-electron chi connectivity index (χ3n) is 1.88. The number of H-pyrrole nitrogens is 2. The molecule has 7 nitrogen and oxygen atoms in total. The fourth-order valence-corrected chi connectivity index (χ4v) is 1.12. The van der Waals surface area contributed by atoms with Gasteiger partial charge in [-0.15, -0.1) is 0 Å². The second-order valence-electron chi connectivity index (χ2n) is 3.01. The number of rotatable bonds is 3. The van der Waals surface area contributed by atoms with E-state index < -0.39 is 0 Å². The lowest BCUT2D eigenvalue weighted by molar-refractivity contribution is 0.0944. The highest BCUT2D eigenvalue weighted by atomic mass is 16.2. The molecular formula is C9H9N5O2. The van der Waals surface area contributed by atoms with Crippen molar-refractivity contribution in [2.24, 2.45) is 0 Å². The first kappa shape index (κ1) is 10.1. The van der Waals surface area contributed by atoms with Gasteiger partial charge in [-0.3, -0.25) is 9.59 Å². The summed E-state index contributed by atoms with van der Waals surface area (Å²) in [5, 5.41) is 2.60. The number of carbonyl (C=O) groups excluding carboxylic acids is 1. The third kappa shape index (κ3) is 2.32. The molecule has 16 heavy (non-hydrogen) atoms. The first-order chi connectivity index (χ1) is 7.75. The van der Waals surface area contributed by atoms with Gasteiger partial charge in [0.2, 0.25) is 0 Å². The maximum atomic E-state index is 11.5. The molecule has 0 spiro atoms. The zero-order chi connectivity index (χ0) is 11.4. The lowest BCUT2D eigenvalue weighted by Gasteiger charge is -2.01. The van der Waals surface area contributed by atoms with Crippen LogP contribution >= 0.6 is 0 Å². The van der Waals surface area contributed by atoms with E-state index in [4.69, 9.17) is 0 Å². The smallest absolute Gasteiger partial charge is 0.271 e. The van der Waals surface area contributed by atoms with Gasteiger partial charge in [-0.05, 0) is 0 Å². The molecule has 0 aliphatic rings. The van der Waals surface area contributed by atoms with Crippen LogP contribution in [0.3, 0.4) is 0 Å². The van der Waals surface area contributed by atoms with Crippen molar-refractivity contribution in [2.75, 3.05) is 0 Å². The van der Waals surface area contributed by atoms with Crippen molar-refractivity contribution in [3.63, 3.8) is 0 Å². The van der Waals surface area contributed by atoms with Gasteiger partial charge in [-0.25, -0.2) is 9.97 Å². The quantitative estimate of drug-likeness (QED) is 0.642. The van der Waals surface area contributed by atoms with Crippen LogP contribution in [0.1, 0.15) is 16.3 Å². The van der Waals surface area contributed by atoms with Crippen LogP contribution in [0.15, 0.2) is 29.6 Å². The van der Waals surface area contributed by atoms with Crippen LogP contribution in [0.25, 0.3) is 0 Å². The molecule has 2 aromatic rings. The van der Waals surface area contributed by atoms with Crippen LogP contribution in [0, 0.1) is 0 Å². The highest BCUT2D eigenvalue weighted by molar-refractivity contribution is 5.91. The lowest BCUT2D eigenvalue weighted by Crippen LogP contribution is -2.25. The van der Waals surface area contributed by atoms with E-state index in [1.54, 1.807) is 12.4 Å². The Morgan fingerprint density at radius 1 is 1.38 bits per heavy atom. The number of aromatic nitrogens is 4. The normalized spacial score (nSPS) is 10.0. The van der Waals surface area contributed by atoms with Gasteiger partial charge in [0.05, 0.1) is 12.7 Å². The molecule has 0 atom stereocenters. The molecule has 0 aliphatic carbocycles. The van der Waals surface area contributed by atoms with Gasteiger partial charge in [0.1, 0.15) is 11.5 Å². The minimum Gasteiger partial charge on any atom is -0.347 e. The summed E-state index contributed by atoms with van der Waals surface area (Å²) in [4.78, 5) is 35.1. The lowest BCUT2D eigenvalue weighted by atomic mass is 10.4. The van der Waals surface area contributed by atoms with Gasteiger partial charge in [0.15, 0.2) is 0 Å². The van der Waals surface area contributed by atoms with E-state index in [0.29, 0.717) is 5.82 Å². The fourth-order valence-electron chi connectivity index (χ4n) is 1.12.